The fourth-order valence-electron chi connectivity index (χ4n) is 4.53. The summed E-state index contributed by atoms with van der Waals surface area (Å²) in [5.41, 5.74) is 1.47. The van der Waals surface area contributed by atoms with Gasteiger partial charge in [0.1, 0.15) is 24.2 Å². The highest BCUT2D eigenvalue weighted by Crippen LogP contribution is 2.33. The molecule has 0 atom stereocenters. The van der Waals surface area contributed by atoms with Crippen LogP contribution < -0.4 is 10.6 Å². The number of fused-ring (bicyclic) bond motifs is 5. The number of nitrogens with zero attached hydrogens (tertiary/aromatic N) is 4. The number of hydrogen-bond donors (Lipinski definition) is 3. The van der Waals surface area contributed by atoms with Crippen LogP contribution in [-0.4, -0.2) is 68.7 Å². The van der Waals surface area contributed by atoms with E-state index in [9.17, 15) is 23.9 Å². The summed E-state index contributed by atoms with van der Waals surface area (Å²) in [6.45, 7) is 2.14. The van der Waals surface area contributed by atoms with Gasteiger partial charge in [-0.15, -0.1) is 0 Å². The van der Waals surface area contributed by atoms with Crippen LogP contribution >= 0.6 is 0 Å². The van der Waals surface area contributed by atoms with Gasteiger partial charge in [0.2, 0.25) is 11.8 Å². The topological polar surface area (TPSA) is 129 Å². The molecule has 206 valence electrons. The van der Waals surface area contributed by atoms with Gasteiger partial charge in [-0.1, -0.05) is 6.07 Å². The predicted octanol–water partition coefficient (Wildman–Crippen LogP) is 2.67. The lowest BCUT2D eigenvalue weighted by Crippen LogP contribution is -2.36. The monoisotopic (exact) mass is 536 g/mol. The molecule has 0 spiro atoms. The minimum Gasteiger partial charge on any atom is -0.507 e. The number of halogens is 1. The van der Waals surface area contributed by atoms with Gasteiger partial charge >= 0.3 is 0 Å². The van der Waals surface area contributed by atoms with Gasteiger partial charge in [-0.05, 0) is 61.6 Å². The molecule has 0 aliphatic carbocycles. The Morgan fingerprint density at radius 3 is 2.67 bits per heavy atom. The summed E-state index contributed by atoms with van der Waals surface area (Å²) in [6, 6.07) is 8.90. The number of amides is 3. The summed E-state index contributed by atoms with van der Waals surface area (Å²) < 4.78 is 16.4. The molecule has 4 rings (SSSR count). The summed E-state index contributed by atoms with van der Waals surface area (Å²) in [5.74, 6) is -1.16. The quantitative estimate of drug-likeness (QED) is 0.470. The zero-order valence-corrected chi connectivity index (χ0v) is 21.7. The lowest BCUT2D eigenvalue weighted by Gasteiger charge is -2.23. The lowest BCUT2D eigenvalue weighted by atomic mass is 9.98. The maximum absolute atomic E-state index is 14.7. The molecule has 39 heavy (non-hydrogen) atoms. The molecule has 2 aromatic carbocycles. The Bertz CT molecular complexity index is 1300. The molecular weight excluding hydrogens is 503 g/mol. The predicted molar refractivity (Wildman–Crippen MR) is 142 cm³/mol. The number of nitrogens with one attached hydrogen (secondary N) is 2. The van der Waals surface area contributed by atoms with Gasteiger partial charge in [-0.3, -0.25) is 19.1 Å². The van der Waals surface area contributed by atoms with Gasteiger partial charge in [-0.25, -0.2) is 9.37 Å². The van der Waals surface area contributed by atoms with Crippen LogP contribution in [0.1, 0.15) is 48.0 Å². The number of aromatic hydroxyl groups is 1. The molecule has 1 aliphatic heterocycles. The smallest absolute Gasteiger partial charge is 0.251 e. The first-order valence-electron chi connectivity index (χ1n) is 13.2. The lowest BCUT2D eigenvalue weighted by molar-refractivity contribution is -0.132. The fourth-order valence-corrected chi connectivity index (χ4v) is 4.53. The van der Waals surface area contributed by atoms with E-state index in [-0.39, 0.29) is 46.6 Å². The SMILES string of the molecule is O=C1CCCN(C(=O)CCCn2cncn2)CCCNC(=O)c2ccc(F)c(c2)-c2cc(ccc2O)CCN1. The largest absolute Gasteiger partial charge is 0.507 e. The van der Waals surface area contributed by atoms with Crippen LogP contribution in [0.5, 0.6) is 5.75 Å². The van der Waals surface area contributed by atoms with E-state index in [1.807, 2.05) is 0 Å². The Labute approximate surface area is 226 Å². The summed E-state index contributed by atoms with van der Waals surface area (Å²) in [5, 5.41) is 20.2. The van der Waals surface area contributed by atoms with Crippen molar-refractivity contribution in [3.05, 3.63) is 66.0 Å². The van der Waals surface area contributed by atoms with E-state index in [0.29, 0.717) is 64.8 Å². The van der Waals surface area contributed by atoms with Crippen molar-refractivity contribution in [2.24, 2.45) is 0 Å². The number of benzene rings is 2. The van der Waals surface area contributed by atoms with Crippen molar-refractivity contribution >= 4 is 17.7 Å². The molecule has 3 amide bonds. The van der Waals surface area contributed by atoms with E-state index in [1.54, 1.807) is 28.0 Å². The average molecular weight is 537 g/mol. The maximum atomic E-state index is 14.7. The number of hydrogen-bond acceptors (Lipinski definition) is 6. The van der Waals surface area contributed by atoms with Crippen molar-refractivity contribution in [3.63, 3.8) is 0 Å². The first-order valence-corrected chi connectivity index (χ1v) is 13.2. The van der Waals surface area contributed by atoms with Crippen molar-refractivity contribution in [1.82, 2.24) is 30.3 Å². The number of aromatic nitrogens is 3. The maximum Gasteiger partial charge on any atom is 0.251 e. The van der Waals surface area contributed by atoms with Crippen LogP contribution in [0, 0.1) is 5.82 Å². The van der Waals surface area contributed by atoms with Crippen LogP contribution in [-0.2, 0) is 22.6 Å². The number of rotatable bonds is 4. The zero-order valence-electron chi connectivity index (χ0n) is 21.7. The Morgan fingerprint density at radius 1 is 1.00 bits per heavy atom. The van der Waals surface area contributed by atoms with Crippen LogP contribution in [0.4, 0.5) is 4.39 Å². The molecule has 1 aliphatic rings. The standard InChI is InChI=1S/C28H33FN6O4/c29-24-8-7-21-17-22(24)23-16-20(6-9-25(23)36)10-12-31-26(37)4-1-13-34(14-3-11-32-28(21)39)27(38)5-2-15-35-19-30-18-33-35/h6-9,16-19,36H,1-5,10-15H2,(H,31,37)(H,32,39). The molecule has 0 radical (unpaired) electrons. The highest BCUT2D eigenvalue weighted by molar-refractivity contribution is 5.95. The summed E-state index contributed by atoms with van der Waals surface area (Å²) in [6.07, 6.45) is 5.79. The average Bonchev–Trinajstić information content (AvgIpc) is 3.44. The summed E-state index contributed by atoms with van der Waals surface area (Å²) >= 11 is 0. The highest BCUT2D eigenvalue weighted by Gasteiger charge is 2.17. The van der Waals surface area contributed by atoms with Crippen LogP contribution in [0.15, 0.2) is 49.1 Å². The fraction of sp³-hybridized carbons (Fsp3) is 0.393. The first-order chi connectivity index (χ1) is 18.9. The van der Waals surface area contributed by atoms with Crippen molar-refractivity contribution in [2.45, 2.75) is 45.1 Å². The minimum absolute atomic E-state index is 0.0185. The van der Waals surface area contributed by atoms with Gasteiger partial charge in [0.05, 0.1) is 0 Å². The van der Waals surface area contributed by atoms with Crippen LogP contribution in [0.25, 0.3) is 11.1 Å². The zero-order chi connectivity index (χ0) is 27.6. The van der Waals surface area contributed by atoms with E-state index in [2.05, 4.69) is 20.7 Å². The molecule has 2 heterocycles. The first kappa shape index (κ1) is 27.7. The number of phenols is 1. The second kappa shape index (κ2) is 13.5. The van der Waals surface area contributed by atoms with Crippen molar-refractivity contribution in [2.75, 3.05) is 26.2 Å². The Morgan fingerprint density at radius 2 is 1.85 bits per heavy atom. The summed E-state index contributed by atoms with van der Waals surface area (Å²) in [7, 11) is 0. The van der Waals surface area contributed by atoms with Crippen LogP contribution in [0.3, 0.4) is 0 Å². The molecule has 10 nitrogen and oxygen atoms in total. The third kappa shape index (κ3) is 7.86. The van der Waals surface area contributed by atoms with Gasteiger partial charge in [0.25, 0.3) is 5.91 Å². The highest BCUT2D eigenvalue weighted by atomic mass is 19.1. The van der Waals surface area contributed by atoms with Gasteiger partial charge in [0, 0.05) is 62.3 Å². The van der Waals surface area contributed by atoms with Gasteiger partial charge in [-0.2, -0.15) is 5.10 Å². The van der Waals surface area contributed by atoms with Crippen molar-refractivity contribution in [3.8, 4) is 16.9 Å². The van der Waals surface area contributed by atoms with E-state index < -0.39 is 5.82 Å². The number of carbonyl (C=O) groups is 3. The second-order valence-corrected chi connectivity index (χ2v) is 9.50. The van der Waals surface area contributed by atoms with Crippen molar-refractivity contribution < 1.29 is 23.9 Å². The third-order valence-corrected chi connectivity index (χ3v) is 6.63. The minimum atomic E-state index is -0.559. The Kier molecular flexibility index (Phi) is 9.60. The molecule has 3 N–H and O–H groups in total. The van der Waals surface area contributed by atoms with E-state index in [1.165, 1.54) is 30.6 Å². The normalized spacial score (nSPS) is 15.5. The Balaban J connectivity index is 1.46. The number of phenolic OH excluding ortho intramolecular Hbond substituents is 1. The molecule has 0 saturated heterocycles. The summed E-state index contributed by atoms with van der Waals surface area (Å²) in [4.78, 5) is 43.8. The van der Waals surface area contributed by atoms with E-state index in [0.717, 1.165) is 5.56 Å². The van der Waals surface area contributed by atoms with Crippen LogP contribution in [0.2, 0.25) is 0 Å². The molecule has 3 aromatic rings. The van der Waals surface area contributed by atoms with E-state index in [4.69, 9.17) is 0 Å². The molecule has 1 aromatic heterocycles. The molecule has 4 bridgehead atoms. The number of carbonyl (C=O) groups excluding carboxylic acids is 3. The van der Waals surface area contributed by atoms with Gasteiger partial charge < -0.3 is 20.6 Å². The van der Waals surface area contributed by atoms with E-state index >= 15 is 0 Å². The molecule has 0 saturated carbocycles. The number of aryl methyl sites for hydroxylation is 1. The molecular formula is C28H33FN6O4. The van der Waals surface area contributed by atoms with Gasteiger partial charge in [0.15, 0.2) is 0 Å². The van der Waals surface area contributed by atoms with Crippen molar-refractivity contribution in [1.29, 1.82) is 0 Å². The molecule has 11 heteroatoms. The third-order valence-electron chi connectivity index (χ3n) is 6.63. The molecule has 0 unspecified atom stereocenters. The second-order valence-electron chi connectivity index (χ2n) is 9.50. The Hall–Kier alpha value is -4.28. The molecule has 0 fully saturated rings.